The van der Waals surface area contributed by atoms with E-state index in [1.54, 1.807) is 50.5 Å². The molecule has 0 aliphatic rings. The van der Waals surface area contributed by atoms with Gasteiger partial charge in [0.25, 0.3) is 0 Å². The van der Waals surface area contributed by atoms with Gasteiger partial charge in [0.05, 0.1) is 19.4 Å². The Bertz CT molecular complexity index is 831. The number of benzene rings is 2. The normalized spacial score (nSPS) is 10.9. The smallest absolute Gasteiger partial charge is 0.357 e. The van der Waals surface area contributed by atoms with Crippen LogP contribution in [0.25, 0.3) is 6.08 Å². The van der Waals surface area contributed by atoms with Crippen LogP contribution in [0.1, 0.15) is 12.5 Å². The van der Waals surface area contributed by atoms with Gasteiger partial charge in [-0.05, 0) is 42.8 Å². The largest absolute Gasteiger partial charge is 0.497 e. The molecule has 0 saturated carbocycles. The number of nitrogens with zero attached hydrogens (tertiary/aromatic N) is 2. The summed E-state index contributed by atoms with van der Waals surface area (Å²) in [5.74, 6) is 0.210. The summed E-state index contributed by atoms with van der Waals surface area (Å²) in [5.41, 5.74) is 1.79. The fraction of sp³-hybridized carbons (Fsp3) is 0.143. The number of allylic oxidation sites excluding steroid dienone is 2. The molecule has 0 unspecified atom stereocenters. The van der Waals surface area contributed by atoms with Crippen LogP contribution in [0.15, 0.2) is 82.4 Å². The van der Waals surface area contributed by atoms with Crippen LogP contribution in [-0.2, 0) is 9.53 Å². The van der Waals surface area contributed by atoms with Gasteiger partial charge in [-0.25, -0.2) is 4.79 Å². The Kier molecular flexibility index (Phi) is 7.59. The Morgan fingerprint density at radius 3 is 2.50 bits per heavy atom. The second-order valence-electron chi connectivity index (χ2n) is 5.06. The molecular formula is C21H20N2O3. The van der Waals surface area contributed by atoms with Crippen LogP contribution in [-0.4, -0.2) is 25.7 Å². The molecule has 0 aliphatic heterocycles. The molecule has 0 spiro atoms. The van der Waals surface area contributed by atoms with Gasteiger partial charge < -0.3 is 9.47 Å². The molecule has 132 valence electrons. The fourth-order valence-electron chi connectivity index (χ4n) is 1.96. The van der Waals surface area contributed by atoms with Crippen molar-refractivity contribution in [2.45, 2.75) is 6.92 Å². The van der Waals surface area contributed by atoms with Gasteiger partial charge in [0, 0.05) is 0 Å². The summed E-state index contributed by atoms with van der Waals surface area (Å²) in [5, 5.41) is 0. The standard InChI is InChI=1S/C21H20N2O3/c1-3-26-21(24)20(11-7-10-17-8-5-4-6-9-17)23-16-22-18-12-14-19(25-2)15-13-18/h4-15H,3H2,1-2H3/b10-7+,20-11-. The van der Waals surface area contributed by atoms with E-state index in [1.807, 2.05) is 36.4 Å². The second kappa shape index (κ2) is 10.4. The molecule has 0 aliphatic carbocycles. The number of aliphatic imine (C=N–C) groups is 2. The first-order valence-electron chi connectivity index (χ1n) is 8.14. The van der Waals surface area contributed by atoms with Gasteiger partial charge in [0.1, 0.15) is 11.8 Å². The number of hydrogen-bond acceptors (Lipinski definition) is 5. The van der Waals surface area contributed by atoms with Gasteiger partial charge in [-0.1, -0.05) is 42.5 Å². The molecule has 5 heteroatoms. The van der Waals surface area contributed by atoms with Crippen molar-refractivity contribution in [1.29, 1.82) is 0 Å². The van der Waals surface area contributed by atoms with Crippen LogP contribution < -0.4 is 4.74 Å². The van der Waals surface area contributed by atoms with Crippen molar-refractivity contribution in [2.24, 2.45) is 9.98 Å². The van der Waals surface area contributed by atoms with E-state index in [0.29, 0.717) is 5.69 Å². The van der Waals surface area contributed by atoms with Crippen molar-refractivity contribution in [2.75, 3.05) is 13.7 Å². The van der Waals surface area contributed by atoms with Gasteiger partial charge >= 0.3 is 5.97 Å². The van der Waals surface area contributed by atoms with E-state index in [4.69, 9.17) is 9.47 Å². The quantitative estimate of drug-likeness (QED) is 0.316. The molecule has 2 aromatic carbocycles. The van der Waals surface area contributed by atoms with Gasteiger partial charge in [-0.2, -0.15) is 9.98 Å². The molecular weight excluding hydrogens is 328 g/mol. The Morgan fingerprint density at radius 2 is 1.85 bits per heavy atom. The lowest BCUT2D eigenvalue weighted by Crippen LogP contribution is -2.05. The maximum absolute atomic E-state index is 12.0. The van der Waals surface area contributed by atoms with E-state index >= 15 is 0 Å². The Labute approximate surface area is 153 Å². The van der Waals surface area contributed by atoms with E-state index in [9.17, 15) is 4.79 Å². The van der Waals surface area contributed by atoms with Crippen molar-refractivity contribution >= 4 is 23.7 Å². The molecule has 2 rings (SSSR count). The van der Waals surface area contributed by atoms with Crippen LogP contribution in [0.5, 0.6) is 5.75 Å². The van der Waals surface area contributed by atoms with Gasteiger partial charge in [-0.3, -0.25) is 0 Å². The fourth-order valence-corrected chi connectivity index (χ4v) is 1.96. The van der Waals surface area contributed by atoms with Crippen LogP contribution in [0, 0.1) is 0 Å². The number of carbonyl (C=O) groups excluding carboxylic acids is 1. The highest BCUT2D eigenvalue weighted by molar-refractivity contribution is 5.89. The van der Waals surface area contributed by atoms with Crippen molar-refractivity contribution in [3.05, 3.63) is 78.0 Å². The number of esters is 1. The first-order chi connectivity index (χ1) is 12.7. The third kappa shape index (κ3) is 6.23. The average Bonchev–Trinajstić information content (AvgIpc) is 2.68. The highest BCUT2D eigenvalue weighted by Gasteiger charge is 2.07. The highest BCUT2D eigenvalue weighted by Crippen LogP contribution is 2.16. The minimum absolute atomic E-state index is 0.122. The van der Waals surface area contributed by atoms with Crippen molar-refractivity contribution in [1.82, 2.24) is 0 Å². The summed E-state index contributed by atoms with van der Waals surface area (Å²) in [6, 6.07) is 19.4. The lowest BCUT2D eigenvalue weighted by atomic mass is 10.2. The SMILES string of the molecule is CCOC(=O)/C(=C/C=C/c1ccccc1)N=C=Nc1ccc(OC)cc1. The zero-order chi connectivity index (χ0) is 18.6. The Balaban J connectivity index is 2.17. The van der Waals surface area contributed by atoms with Crippen LogP contribution >= 0.6 is 0 Å². The van der Waals surface area contributed by atoms with Crippen molar-refractivity contribution in [3.63, 3.8) is 0 Å². The second-order valence-corrected chi connectivity index (χ2v) is 5.06. The molecule has 2 aromatic rings. The first kappa shape index (κ1) is 18.9. The van der Waals surface area contributed by atoms with Gasteiger partial charge in [0.2, 0.25) is 0 Å². The van der Waals surface area contributed by atoms with E-state index in [2.05, 4.69) is 16.0 Å². The molecule has 0 fully saturated rings. The van der Waals surface area contributed by atoms with E-state index in [1.165, 1.54) is 0 Å². The number of rotatable bonds is 7. The average molecular weight is 348 g/mol. The van der Waals surface area contributed by atoms with Crippen LogP contribution in [0.3, 0.4) is 0 Å². The maximum Gasteiger partial charge on any atom is 0.357 e. The predicted octanol–water partition coefficient (Wildman–Crippen LogP) is 4.66. The summed E-state index contributed by atoms with van der Waals surface area (Å²) in [7, 11) is 1.60. The third-order valence-electron chi connectivity index (χ3n) is 3.25. The van der Waals surface area contributed by atoms with Crippen molar-refractivity contribution in [3.8, 4) is 5.75 Å². The van der Waals surface area contributed by atoms with Crippen LogP contribution in [0.2, 0.25) is 0 Å². The molecule has 0 atom stereocenters. The molecule has 0 saturated heterocycles. The summed E-state index contributed by atoms with van der Waals surface area (Å²) in [6.07, 6.45) is 5.18. The number of ether oxygens (including phenoxy) is 2. The highest BCUT2D eigenvalue weighted by atomic mass is 16.5. The van der Waals surface area contributed by atoms with Crippen molar-refractivity contribution < 1.29 is 14.3 Å². The summed E-state index contributed by atoms with van der Waals surface area (Å²) in [6.45, 7) is 2.01. The van der Waals surface area contributed by atoms with E-state index in [0.717, 1.165) is 11.3 Å². The lowest BCUT2D eigenvalue weighted by molar-refractivity contribution is -0.138. The molecule has 0 heterocycles. The number of carbonyl (C=O) groups is 1. The summed E-state index contributed by atoms with van der Waals surface area (Å²) >= 11 is 0. The minimum Gasteiger partial charge on any atom is -0.497 e. The molecule has 0 radical (unpaired) electrons. The molecule has 5 nitrogen and oxygen atoms in total. The summed E-state index contributed by atoms with van der Waals surface area (Å²) < 4.78 is 10.1. The monoisotopic (exact) mass is 348 g/mol. The van der Waals surface area contributed by atoms with Gasteiger partial charge in [0.15, 0.2) is 5.70 Å². The first-order valence-corrected chi connectivity index (χ1v) is 8.14. The maximum atomic E-state index is 12.0. The molecule has 0 amide bonds. The lowest BCUT2D eigenvalue weighted by Gasteiger charge is -1.99. The minimum atomic E-state index is -0.525. The van der Waals surface area contributed by atoms with Gasteiger partial charge in [-0.15, -0.1) is 0 Å². The predicted molar refractivity (Wildman–Crippen MR) is 103 cm³/mol. The number of hydrogen-bond donors (Lipinski definition) is 0. The summed E-state index contributed by atoms with van der Waals surface area (Å²) in [4.78, 5) is 20.1. The van der Waals surface area contributed by atoms with E-state index < -0.39 is 5.97 Å². The zero-order valence-corrected chi connectivity index (χ0v) is 14.8. The number of methoxy groups -OCH3 is 1. The Hall–Kier alpha value is -3.43. The topological polar surface area (TPSA) is 60.2 Å². The molecule has 0 N–H and O–H groups in total. The van der Waals surface area contributed by atoms with Crippen LogP contribution in [0.4, 0.5) is 5.69 Å². The third-order valence-corrected chi connectivity index (χ3v) is 3.25. The molecule has 26 heavy (non-hydrogen) atoms. The Morgan fingerprint density at radius 1 is 1.12 bits per heavy atom. The zero-order valence-electron chi connectivity index (χ0n) is 14.8. The molecule has 0 aromatic heterocycles. The van der Waals surface area contributed by atoms with E-state index in [-0.39, 0.29) is 12.3 Å². The molecule has 0 bridgehead atoms.